The van der Waals surface area contributed by atoms with Gasteiger partial charge >= 0.3 is 6.09 Å². The van der Waals surface area contributed by atoms with E-state index in [-0.39, 0.29) is 24.7 Å². The van der Waals surface area contributed by atoms with E-state index in [1.54, 1.807) is 7.11 Å². The van der Waals surface area contributed by atoms with E-state index in [2.05, 4.69) is 33.9 Å². The Morgan fingerprint density at radius 3 is 2.34 bits per heavy atom. The van der Waals surface area contributed by atoms with Crippen molar-refractivity contribution in [3.63, 3.8) is 0 Å². The molecule has 1 heterocycles. The average Bonchev–Trinajstić information content (AvgIpc) is 2.73. The Morgan fingerprint density at radius 2 is 1.75 bits per heavy atom. The lowest BCUT2D eigenvalue weighted by molar-refractivity contribution is -0.0950. The van der Waals surface area contributed by atoms with Crippen LogP contribution < -0.4 is 4.74 Å². The van der Waals surface area contributed by atoms with E-state index in [0.29, 0.717) is 12.4 Å². The zero-order valence-corrected chi connectivity index (χ0v) is 21.0. The minimum Gasteiger partial charge on any atom is -0.496 e. The summed E-state index contributed by atoms with van der Waals surface area (Å²) >= 11 is 0. The van der Waals surface area contributed by atoms with Gasteiger partial charge in [0.15, 0.2) is 8.32 Å². The van der Waals surface area contributed by atoms with Crippen molar-refractivity contribution in [1.29, 1.82) is 0 Å². The Balaban J connectivity index is 1.60. The fraction of sp³-hybridized carbons (Fsp3) is 0.480. The fourth-order valence-corrected chi connectivity index (χ4v) is 4.28. The van der Waals surface area contributed by atoms with Crippen LogP contribution in [0.25, 0.3) is 0 Å². The third-order valence-corrected chi connectivity index (χ3v) is 11.1. The number of methoxy groups -OCH3 is 1. The topological polar surface area (TPSA) is 68.2 Å². The highest BCUT2D eigenvalue weighted by Crippen LogP contribution is 2.39. The van der Waals surface area contributed by atoms with Crippen molar-refractivity contribution in [3.8, 4) is 5.75 Å². The summed E-state index contributed by atoms with van der Waals surface area (Å²) in [5, 5.41) is 11.2. The summed E-state index contributed by atoms with van der Waals surface area (Å²) in [5.41, 5.74) is 1.48. The highest BCUT2D eigenvalue weighted by Gasteiger charge is 2.46. The number of carbonyl (C=O) groups is 1. The smallest absolute Gasteiger partial charge is 0.410 e. The maximum absolute atomic E-state index is 12.3. The predicted octanol–water partition coefficient (Wildman–Crippen LogP) is 5.06. The summed E-state index contributed by atoms with van der Waals surface area (Å²) < 4.78 is 17.3. The molecule has 6 nitrogen and oxygen atoms in total. The first-order valence-electron chi connectivity index (χ1n) is 10.9. The minimum absolute atomic E-state index is 0.125. The molecule has 32 heavy (non-hydrogen) atoms. The van der Waals surface area contributed by atoms with Crippen molar-refractivity contribution in [2.45, 2.75) is 57.7 Å². The number of nitrogens with zero attached hydrogens (tertiary/aromatic N) is 1. The summed E-state index contributed by atoms with van der Waals surface area (Å²) in [4.78, 5) is 13.8. The Labute approximate surface area is 192 Å². The standard InChI is InChI=1S/C25H35NO5Si/c1-24(2,3)32(5,6)31-16-20-12-13-21(14-22(20)29-4)25(28)17-26(18-25)23(27)30-15-19-10-8-7-9-11-19/h7-14,28H,15-18H2,1-6H3. The van der Waals surface area contributed by atoms with Crippen LogP contribution in [0.3, 0.4) is 0 Å². The van der Waals surface area contributed by atoms with Gasteiger partial charge in [0.2, 0.25) is 0 Å². The van der Waals surface area contributed by atoms with Gasteiger partial charge in [-0.1, -0.05) is 63.2 Å². The highest BCUT2D eigenvalue weighted by molar-refractivity contribution is 6.74. The van der Waals surface area contributed by atoms with Crippen LogP contribution in [-0.4, -0.2) is 44.6 Å². The van der Waals surface area contributed by atoms with Gasteiger partial charge in [0.05, 0.1) is 26.8 Å². The molecule has 0 saturated carbocycles. The zero-order valence-electron chi connectivity index (χ0n) is 20.0. The van der Waals surface area contributed by atoms with Crippen LogP contribution >= 0.6 is 0 Å². The molecule has 0 bridgehead atoms. The Morgan fingerprint density at radius 1 is 1.09 bits per heavy atom. The highest BCUT2D eigenvalue weighted by atomic mass is 28.4. The molecule has 1 saturated heterocycles. The third kappa shape index (κ3) is 5.34. The third-order valence-electron chi connectivity index (χ3n) is 6.59. The average molecular weight is 458 g/mol. The molecule has 1 aliphatic rings. The Bertz CT molecular complexity index is 933. The first-order valence-corrected chi connectivity index (χ1v) is 13.9. The number of ether oxygens (including phenoxy) is 2. The van der Waals surface area contributed by atoms with Gasteiger partial charge in [-0.3, -0.25) is 0 Å². The Hall–Kier alpha value is -2.35. The van der Waals surface area contributed by atoms with Crippen LogP contribution in [0.1, 0.15) is 37.5 Å². The normalized spacial score (nSPS) is 15.8. The fourth-order valence-electron chi connectivity index (χ4n) is 3.34. The molecule has 0 unspecified atom stereocenters. The van der Waals surface area contributed by atoms with E-state index in [1.165, 1.54) is 4.90 Å². The van der Waals surface area contributed by atoms with E-state index < -0.39 is 20.0 Å². The summed E-state index contributed by atoms with van der Waals surface area (Å²) in [6.45, 7) is 12.1. The molecule has 1 amide bonds. The molecule has 1 aliphatic heterocycles. The number of hydrogen-bond acceptors (Lipinski definition) is 5. The molecule has 0 spiro atoms. The molecule has 0 atom stereocenters. The van der Waals surface area contributed by atoms with Gasteiger partial charge in [0.1, 0.15) is 18.0 Å². The summed E-state index contributed by atoms with van der Waals surface area (Å²) in [7, 11) is -0.269. The molecule has 0 aromatic heterocycles. The first-order chi connectivity index (χ1) is 14.9. The zero-order chi connectivity index (χ0) is 23.6. The van der Waals surface area contributed by atoms with Crippen LogP contribution in [0.4, 0.5) is 4.79 Å². The summed E-state index contributed by atoms with van der Waals surface area (Å²) in [5.74, 6) is 0.680. The quantitative estimate of drug-likeness (QED) is 0.589. The number of rotatable bonds is 7. The number of β-amino-alcohol motifs (C(OH)–C–C–N with tert-alkyl or cyclic N) is 1. The van der Waals surface area contributed by atoms with Gasteiger partial charge in [-0.15, -0.1) is 0 Å². The van der Waals surface area contributed by atoms with Crippen molar-refractivity contribution in [1.82, 2.24) is 4.90 Å². The number of likely N-dealkylation sites (tertiary alicyclic amines) is 1. The second-order valence-electron chi connectivity index (χ2n) is 10.0. The van der Waals surface area contributed by atoms with Crippen LogP contribution in [-0.2, 0) is 28.0 Å². The first kappa shape index (κ1) is 24.3. The molecule has 0 aliphatic carbocycles. The largest absolute Gasteiger partial charge is 0.496 e. The van der Waals surface area contributed by atoms with Crippen LogP contribution in [0, 0.1) is 0 Å². The molecule has 174 valence electrons. The lowest BCUT2D eigenvalue weighted by Gasteiger charge is -2.46. The van der Waals surface area contributed by atoms with E-state index in [4.69, 9.17) is 13.9 Å². The second kappa shape index (κ2) is 9.25. The molecule has 3 rings (SSSR count). The number of amides is 1. The van der Waals surface area contributed by atoms with Gasteiger partial charge in [-0.2, -0.15) is 0 Å². The van der Waals surface area contributed by atoms with Gasteiger partial charge in [0.25, 0.3) is 0 Å². The summed E-state index contributed by atoms with van der Waals surface area (Å²) in [6, 6.07) is 15.2. The number of benzene rings is 2. The predicted molar refractivity (Wildman–Crippen MR) is 127 cm³/mol. The van der Waals surface area contributed by atoms with Gasteiger partial charge in [-0.25, -0.2) is 4.79 Å². The molecule has 1 fully saturated rings. The van der Waals surface area contributed by atoms with Crippen LogP contribution in [0.2, 0.25) is 18.1 Å². The van der Waals surface area contributed by atoms with Gasteiger partial charge < -0.3 is 23.9 Å². The van der Waals surface area contributed by atoms with Crippen molar-refractivity contribution < 1.29 is 23.8 Å². The van der Waals surface area contributed by atoms with Gasteiger partial charge in [-0.05, 0) is 35.3 Å². The van der Waals surface area contributed by atoms with Crippen molar-refractivity contribution in [3.05, 3.63) is 65.2 Å². The van der Waals surface area contributed by atoms with Crippen molar-refractivity contribution >= 4 is 14.4 Å². The molecular formula is C25H35NO5Si. The maximum Gasteiger partial charge on any atom is 0.410 e. The van der Waals surface area contributed by atoms with Crippen molar-refractivity contribution in [2.24, 2.45) is 0 Å². The maximum atomic E-state index is 12.3. The monoisotopic (exact) mass is 457 g/mol. The molecule has 7 heteroatoms. The lowest BCUT2D eigenvalue weighted by atomic mass is 9.86. The lowest BCUT2D eigenvalue weighted by Crippen LogP contribution is -2.61. The van der Waals surface area contributed by atoms with Gasteiger partial charge in [0, 0.05) is 5.56 Å². The molecule has 1 N–H and O–H groups in total. The molecule has 2 aromatic carbocycles. The van der Waals surface area contributed by atoms with E-state index in [0.717, 1.165) is 16.7 Å². The second-order valence-corrected chi connectivity index (χ2v) is 14.8. The van der Waals surface area contributed by atoms with E-state index in [1.807, 2.05) is 48.5 Å². The van der Waals surface area contributed by atoms with E-state index >= 15 is 0 Å². The molecule has 2 aromatic rings. The Kier molecular flexibility index (Phi) is 7.02. The number of aliphatic hydroxyl groups is 1. The number of hydrogen-bond donors (Lipinski definition) is 1. The molecule has 0 radical (unpaired) electrons. The SMILES string of the molecule is COc1cc(C2(O)CN(C(=O)OCc3ccccc3)C2)ccc1CO[Si](C)(C)C(C)(C)C. The van der Waals surface area contributed by atoms with Crippen LogP contribution in [0.15, 0.2) is 48.5 Å². The van der Waals surface area contributed by atoms with Crippen LogP contribution in [0.5, 0.6) is 5.75 Å². The molecular weight excluding hydrogens is 422 g/mol. The number of carbonyl (C=O) groups excluding carboxylic acids is 1. The summed E-state index contributed by atoms with van der Waals surface area (Å²) in [6.07, 6.45) is -0.426. The minimum atomic E-state index is -1.89. The van der Waals surface area contributed by atoms with Crippen molar-refractivity contribution in [2.75, 3.05) is 20.2 Å². The van der Waals surface area contributed by atoms with E-state index in [9.17, 15) is 9.90 Å².